The topological polar surface area (TPSA) is 76.4 Å². The number of nitrogens with zero attached hydrogens (tertiary/aromatic N) is 2. The standard InChI is InChI=1S/C14H17N3O3/c1-3-17-9-10(8-15-17)13(14(18)19)16-11-5-4-6-12(7-11)20-2/h4-9,13,16H,3H2,1-2H3,(H,18,19). The molecule has 2 N–H and O–H groups in total. The van der Waals surface area contributed by atoms with E-state index in [4.69, 9.17) is 4.74 Å². The second kappa shape index (κ2) is 6.10. The molecule has 1 heterocycles. The average Bonchev–Trinajstić information content (AvgIpc) is 2.93. The zero-order chi connectivity index (χ0) is 14.5. The van der Waals surface area contributed by atoms with E-state index in [2.05, 4.69) is 10.4 Å². The Morgan fingerprint density at radius 1 is 1.55 bits per heavy atom. The first-order chi connectivity index (χ1) is 9.63. The van der Waals surface area contributed by atoms with Gasteiger partial charge in [0.05, 0.1) is 13.3 Å². The van der Waals surface area contributed by atoms with Crippen LogP contribution in [0.25, 0.3) is 0 Å². The number of aryl methyl sites for hydroxylation is 1. The van der Waals surface area contributed by atoms with Crippen LogP contribution in [0.1, 0.15) is 18.5 Å². The van der Waals surface area contributed by atoms with Gasteiger partial charge < -0.3 is 15.2 Å². The second-order valence-electron chi connectivity index (χ2n) is 4.28. The van der Waals surface area contributed by atoms with Crippen LogP contribution in [0.3, 0.4) is 0 Å². The summed E-state index contributed by atoms with van der Waals surface area (Å²) in [6.07, 6.45) is 3.29. The molecule has 1 aromatic heterocycles. The highest BCUT2D eigenvalue weighted by Crippen LogP contribution is 2.23. The number of carboxylic acids is 1. The van der Waals surface area contributed by atoms with E-state index in [0.717, 1.165) is 0 Å². The van der Waals surface area contributed by atoms with Crippen molar-refractivity contribution in [2.24, 2.45) is 0 Å². The number of aliphatic carboxylic acids is 1. The smallest absolute Gasteiger partial charge is 0.330 e. The second-order valence-corrected chi connectivity index (χ2v) is 4.28. The number of benzene rings is 1. The number of ether oxygens (including phenoxy) is 1. The first kappa shape index (κ1) is 13.9. The molecule has 0 saturated carbocycles. The number of aromatic nitrogens is 2. The van der Waals surface area contributed by atoms with Crippen LogP contribution in [0, 0.1) is 0 Å². The van der Waals surface area contributed by atoms with E-state index in [1.165, 1.54) is 0 Å². The summed E-state index contributed by atoms with van der Waals surface area (Å²) in [5, 5.41) is 16.4. The zero-order valence-corrected chi connectivity index (χ0v) is 11.4. The fraction of sp³-hybridized carbons (Fsp3) is 0.286. The van der Waals surface area contributed by atoms with Crippen molar-refractivity contribution < 1.29 is 14.6 Å². The Bertz CT molecular complexity index is 595. The van der Waals surface area contributed by atoms with Crippen molar-refractivity contribution in [1.29, 1.82) is 0 Å². The Balaban J connectivity index is 2.23. The van der Waals surface area contributed by atoms with Gasteiger partial charge in [-0.2, -0.15) is 5.10 Å². The largest absolute Gasteiger partial charge is 0.497 e. The van der Waals surface area contributed by atoms with Crippen LogP contribution in [0.4, 0.5) is 5.69 Å². The summed E-state index contributed by atoms with van der Waals surface area (Å²) in [7, 11) is 1.57. The minimum atomic E-state index is -0.955. The molecule has 1 atom stereocenters. The van der Waals surface area contributed by atoms with Gasteiger partial charge in [-0.05, 0) is 19.1 Å². The van der Waals surface area contributed by atoms with Gasteiger partial charge >= 0.3 is 5.97 Å². The van der Waals surface area contributed by atoms with Gasteiger partial charge in [0, 0.05) is 30.1 Å². The van der Waals surface area contributed by atoms with Crippen LogP contribution in [0.15, 0.2) is 36.7 Å². The summed E-state index contributed by atoms with van der Waals surface area (Å²) >= 11 is 0. The molecule has 0 saturated heterocycles. The summed E-state index contributed by atoms with van der Waals surface area (Å²) in [6, 6.07) is 6.30. The van der Waals surface area contributed by atoms with E-state index in [0.29, 0.717) is 23.5 Å². The molecule has 6 nitrogen and oxygen atoms in total. The van der Waals surface area contributed by atoms with Crippen LogP contribution in [-0.4, -0.2) is 28.0 Å². The Labute approximate surface area is 117 Å². The number of rotatable bonds is 6. The molecule has 0 amide bonds. The molecule has 20 heavy (non-hydrogen) atoms. The van der Waals surface area contributed by atoms with Gasteiger partial charge in [0.1, 0.15) is 5.75 Å². The molecule has 0 aliphatic heterocycles. The maximum absolute atomic E-state index is 11.4. The van der Waals surface area contributed by atoms with Crippen LogP contribution in [-0.2, 0) is 11.3 Å². The molecular weight excluding hydrogens is 258 g/mol. The number of anilines is 1. The lowest BCUT2D eigenvalue weighted by Gasteiger charge is -2.14. The minimum absolute atomic E-state index is 0.613. The molecule has 0 aliphatic rings. The minimum Gasteiger partial charge on any atom is -0.497 e. The number of carbonyl (C=O) groups is 1. The summed E-state index contributed by atoms with van der Waals surface area (Å²) in [6.45, 7) is 2.65. The zero-order valence-electron chi connectivity index (χ0n) is 11.4. The highest BCUT2D eigenvalue weighted by Gasteiger charge is 2.21. The van der Waals surface area contributed by atoms with Crippen molar-refractivity contribution in [2.75, 3.05) is 12.4 Å². The molecule has 0 aliphatic carbocycles. The Morgan fingerprint density at radius 2 is 2.35 bits per heavy atom. The third kappa shape index (κ3) is 3.09. The quantitative estimate of drug-likeness (QED) is 0.844. The summed E-state index contributed by atoms with van der Waals surface area (Å²) < 4.78 is 6.81. The van der Waals surface area contributed by atoms with Crippen molar-refractivity contribution in [2.45, 2.75) is 19.5 Å². The molecule has 1 aromatic carbocycles. The SMILES string of the molecule is CCn1cc(C(Nc2cccc(OC)c2)C(=O)O)cn1. The molecule has 106 valence electrons. The Hall–Kier alpha value is -2.50. The lowest BCUT2D eigenvalue weighted by molar-refractivity contribution is -0.138. The van der Waals surface area contributed by atoms with Crippen molar-refractivity contribution >= 4 is 11.7 Å². The van der Waals surface area contributed by atoms with Crippen molar-refractivity contribution in [3.63, 3.8) is 0 Å². The lowest BCUT2D eigenvalue weighted by atomic mass is 10.1. The van der Waals surface area contributed by atoms with Gasteiger partial charge in [-0.1, -0.05) is 6.07 Å². The lowest BCUT2D eigenvalue weighted by Crippen LogP contribution is -2.20. The van der Waals surface area contributed by atoms with Gasteiger partial charge in [-0.25, -0.2) is 4.79 Å². The third-order valence-electron chi connectivity index (χ3n) is 2.94. The molecule has 6 heteroatoms. The van der Waals surface area contributed by atoms with Crippen LogP contribution in [0.5, 0.6) is 5.75 Å². The van der Waals surface area contributed by atoms with E-state index in [-0.39, 0.29) is 0 Å². The Morgan fingerprint density at radius 3 is 2.95 bits per heavy atom. The van der Waals surface area contributed by atoms with E-state index >= 15 is 0 Å². The maximum atomic E-state index is 11.4. The first-order valence-electron chi connectivity index (χ1n) is 6.29. The molecule has 2 rings (SSSR count). The van der Waals surface area contributed by atoms with E-state index < -0.39 is 12.0 Å². The van der Waals surface area contributed by atoms with Gasteiger partial charge in [0.25, 0.3) is 0 Å². The number of methoxy groups -OCH3 is 1. The molecule has 1 unspecified atom stereocenters. The van der Waals surface area contributed by atoms with E-state index in [9.17, 15) is 9.90 Å². The predicted octanol–water partition coefficient (Wildman–Crippen LogP) is 2.15. The number of hydrogen-bond donors (Lipinski definition) is 2. The van der Waals surface area contributed by atoms with Crippen molar-refractivity contribution in [1.82, 2.24) is 9.78 Å². The number of nitrogens with one attached hydrogen (secondary N) is 1. The van der Waals surface area contributed by atoms with Gasteiger partial charge in [0.2, 0.25) is 0 Å². The predicted molar refractivity (Wildman–Crippen MR) is 74.9 cm³/mol. The normalized spacial score (nSPS) is 11.9. The van der Waals surface area contributed by atoms with E-state index in [1.807, 2.05) is 6.92 Å². The number of hydrogen-bond acceptors (Lipinski definition) is 4. The fourth-order valence-electron chi connectivity index (χ4n) is 1.87. The van der Waals surface area contributed by atoms with Crippen LogP contribution >= 0.6 is 0 Å². The third-order valence-corrected chi connectivity index (χ3v) is 2.94. The number of carboxylic acid groups (broad SMARTS) is 1. The maximum Gasteiger partial charge on any atom is 0.330 e. The monoisotopic (exact) mass is 275 g/mol. The molecule has 0 radical (unpaired) electrons. The van der Waals surface area contributed by atoms with Crippen molar-refractivity contribution in [3.8, 4) is 5.75 Å². The summed E-state index contributed by atoms with van der Waals surface area (Å²) in [5.41, 5.74) is 1.29. The highest BCUT2D eigenvalue weighted by molar-refractivity contribution is 5.79. The molecule has 0 spiro atoms. The Kier molecular flexibility index (Phi) is 4.24. The van der Waals surface area contributed by atoms with Crippen molar-refractivity contribution in [3.05, 3.63) is 42.2 Å². The molecular formula is C14H17N3O3. The summed E-state index contributed by atoms with van der Waals surface area (Å²) in [4.78, 5) is 11.4. The average molecular weight is 275 g/mol. The van der Waals surface area contributed by atoms with Gasteiger partial charge in [-0.3, -0.25) is 4.68 Å². The summed E-state index contributed by atoms with van der Waals surface area (Å²) in [5.74, 6) is -0.285. The van der Waals surface area contributed by atoms with Crippen LogP contribution in [0.2, 0.25) is 0 Å². The first-order valence-corrected chi connectivity index (χ1v) is 6.29. The van der Waals surface area contributed by atoms with Crippen LogP contribution < -0.4 is 10.1 Å². The highest BCUT2D eigenvalue weighted by atomic mass is 16.5. The van der Waals surface area contributed by atoms with E-state index in [1.54, 1.807) is 48.5 Å². The molecule has 0 fully saturated rings. The molecule has 0 bridgehead atoms. The van der Waals surface area contributed by atoms with Gasteiger partial charge in [0.15, 0.2) is 6.04 Å². The van der Waals surface area contributed by atoms with Gasteiger partial charge in [-0.15, -0.1) is 0 Å². The fourth-order valence-corrected chi connectivity index (χ4v) is 1.87. The molecule has 2 aromatic rings.